The van der Waals surface area contributed by atoms with E-state index in [1.165, 1.54) is 11.0 Å². The standard InChI is InChI=1S/C25H31N3O8/c1-28(2)22(31)7-6-16-4-3-5-17(12-16)25(33)36-20-14-18(13-19-23(20)35-15-34-19)24(32)27-9-8-21(30)26-10-11-29/h3-7,12-13,19-20,23,29H,8-11,14-15H2,1-2H3,(H,26,30)(H,27,32)/t19-,20-,23-/m1/s1. The van der Waals surface area contributed by atoms with Crippen LogP contribution in [0.15, 0.2) is 42.0 Å². The van der Waals surface area contributed by atoms with Crippen molar-refractivity contribution in [2.45, 2.75) is 31.2 Å². The molecule has 194 valence electrons. The van der Waals surface area contributed by atoms with Gasteiger partial charge >= 0.3 is 5.97 Å². The van der Waals surface area contributed by atoms with Crippen LogP contribution in [0.5, 0.6) is 0 Å². The highest BCUT2D eigenvalue weighted by molar-refractivity contribution is 5.95. The maximum Gasteiger partial charge on any atom is 0.338 e. The first-order valence-corrected chi connectivity index (χ1v) is 11.6. The van der Waals surface area contributed by atoms with Crippen LogP contribution in [0.4, 0.5) is 0 Å². The van der Waals surface area contributed by atoms with E-state index in [1.54, 1.807) is 50.5 Å². The molecule has 3 N–H and O–H groups in total. The van der Waals surface area contributed by atoms with E-state index < -0.39 is 30.2 Å². The zero-order chi connectivity index (χ0) is 26.1. The van der Waals surface area contributed by atoms with Gasteiger partial charge in [-0.05, 0) is 29.8 Å². The SMILES string of the molecule is CN(C)C(=O)C=Cc1cccc(C(=O)O[C@@H]2CC(C(=O)NCCC(=O)NCCO)=C[C@H]3OCO[C@H]32)c1. The maximum atomic E-state index is 12.9. The Bertz CT molecular complexity index is 1040. The molecule has 3 amide bonds. The quantitative estimate of drug-likeness (QED) is 0.300. The van der Waals surface area contributed by atoms with Gasteiger partial charge in [0.15, 0.2) is 0 Å². The molecule has 36 heavy (non-hydrogen) atoms. The number of esters is 1. The molecule has 0 radical (unpaired) electrons. The summed E-state index contributed by atoms with van der Waals surface area (Å²) in [6.45, 7) is 0.117. The second-order valence-corrected chi connectivity index (χ2v) is 8.49. The molecule has 1 aliphatic heterocycles. The van der Waals surface area contributed by atoms with Crippen LogP contribution in [-0.2, 0) is 28.6 Å². The van der Waals surface area contributed by atoms with Gasteiger partial charge in [0.1, 0.15) is 25.1 Å². The fraction of sp³-hybridized carbons (Fsp3) is 0.440. The largest absolute Gasteiger partial charge is 0.456 e. The van der Waals surface area contributed by atoms with Gasteiger partial charge in [0.25, 0.3) is 0 Å². The van der Waals surface area contributed by atoms with Crippen molar-refractivity contribution in [2.24, 2.45) is 0 Å². The Morgan fingerprint density at radius 3 is 2.72 bits per heavy atom. The number of nitrogens with zero attached hydrogens (tertiary/aromatic N) is 1. The van der Waals surface area contributed by atoms with Gasteiger partial charge in [-0.1, -0.05) is 12.1 Å². The Balaban J connectivity index is 1.62. The zero-order valence-corrected chi connectivity index (χ0v) is 20.3. The van der Waals surface area contributed by atoms with Crippen LogP contribution < -0.4 is 10.6 Å². The number of carbonyl (C=O) groups excluding carboxylic acids is 4. The number of aliphatic hydroxyl groups is 1. The van der Waals surface area contributed by atoms with Gasteiger partial charge in [0, 0.05) is 51.7 Å². The number of carbonyl (C=O) groups is 4. The summed E-state index contributed by atoms with van der Waals surface area (Å²) in [4.78, 5) is 50.4. The molecule has 11 heteroatoms. The summed E-state index contributed by atoms with van der Waals surface area (Å²) in [6.07, 6.45) is 3.01. The summed E-state index contributed by atoms with van der Waals surface area (Å²) in [7, 11) is 3.29. The Labute approximate surface area is 209 Å². The number of aliphatic hydroxyl groups excluding tert-OH is 1. The number of amides is 3. The molecule has 3 atom stereocenters. The number of hydrogen-bond acceptors (Lipinski definition) is 8. The molecule has 1 aliphatic carbocycles. The third kappa shape index (κ3) is 7.48. The smallest absolute Gasteiger partial charge is 0.338 e. The van der Waals surface area contributed by atoms with Gasteiger partial charge < -0.3 is 34.9 Å². The van der Waals surface area contributed by atoms with Gasteiger partial charge in [0.05, 0.1) is 12.2 Å². The third-order valence-corrected chi connectivity index (χ3v) is 5.60. The lowest BCUT2D eigenvalue weighted by molar-refractivity contribution is -0.124. The zero-order valence-electron chi connectivity index (χ0n) is 20.3. The normalized spacial score (nSPS) is 20.9. The van der Waals surface area contributed by atoms with Crippen LogP contribution in [0, 0.1) is 0 Å². The van der Waals surface area contributed by atoms with Crippen LogP contribution in [0.25, 0.3) is 6.08 Å². The van der Waals surface area contributed by atoms with Crippen LogP contribution >= 0.6 is 0 Å². The van der Waals surface area contributed by atoms with Crippen molar-refractivity contribution < 1.29 is 38.5 Å². The molecule has 11 nitrogen and oxygen atoms in total. The number of nitrogens with one attached hydrogen (secondary N) is 2. The highest BCUT2D eigenvalue weighted by Crippen LogP contribution is 2.30. The molecule has 0 unspecified atom stereocenters. The van der Waals surface area contributed by atoms with Crippen LogP contribution in [-0.4, -0.2) is 92.6 Å². The molecule has 1 aromatic rings. The fourth-order valence-corrected chi connectivity index (χ4v) is 3.70. The van der Waals surface area contributed by atoms with Crippen molar-refractivity contribution >= 4 is 29.8 Å². The van der Waals surface area contributed by atoms with E-state index in [1.807, 2.05) is 0 Å². The average Bonchev–Trinajstić information content (AvgIpc) is 3.35. The van der Waals surface area contributed by atoms with Gasteiger partial charge in [-0.3, -0.25) is 14.4 Å². The number of rotatable bonds is 10. The first kappa shape index (κ1) is 27.1. The summed E-state index contributed by atoms with van der Waals surface area (Å²) in [6, 6.07) is 6.66. The molecule has 0 aromatic heterocycles. The van der Waals surface area contributed by atoms with Gasteiger partial charge in [-0.15, -0.1) is 0 Å². The average molecular weight is 502 g/mol. The molecular weight excluding hydrogens is 470 g/mol. The van der Waals surface area contributed by atoms with Crippen LogP contribution in [0.2, 0.25) is 0 Å². The number of fused-ring (bicyclic) bond motifs is 1. The summed E-state index contributed by atoms with van der Waals surface area (Å²) >= 11 is 0. The summed E-state index contributed by atoms with van der Waals surface area (Å²) in [5.41, 5.74) is 1.32. The number of hydrogen-bond donors (Lipinski definition) is 3. The highest BCUT2D eigenvalue weighted by atomic mass is 16.7. The molecular formula is C25H31N3O8. The number of benzene rings is 1. The van der Waals surface area contributed by atoms with E-state index in [2.05, 4.69) is 10.6 Å². The molecule has 3 rings (SSSR count). The lowest BCUT2D eigenvalue weighted by atomic mass is 9.91. The summed E-state index contributed by atoms with van der Waals surface area (Å²) < 4.78 is 16.9. The van der Waals surface area contributed by atoms with E-state index in [0.717, 1.165) is 0 Å². The van der Waals surface area contributed by atoms with E-state index in [9.17, 15) is 19.2 Å². The van der Waals surface area contributed by atoms with Gasteiger partial charge in [-0.25, -0.2) is 4.79 Å². The predicted octanol–water partition coefficient (Wildman–Crippen LogP) is -0.000200. The van der Waals surface area contributed by atoms with Crippen LogP contribution in [0.3, 0.4) is 0 Å². The van der Waals surface area contributed by atoms with E-state index in [4.69, 9.17) is 19.3 Å². The van der Waals surface area contributed by atoms with Crippen molar-refractivity contribution in [2.75, 3.05) is 40.6 Å². The van der Waals surface area contributed by atoms with Crippen LogP contribution in [0.1, 0.15) is 28.8 Å². The summed E-state index contributed by atoms with van der Waals surface area (Å²) in [5, 5.41) is 13.9. The van der Waals surface area contributed by atoms with E-state index in [-0.39, 0.29) is 51.1 Å². The molecule has 0 bridgehead atoms. The third-order valence-electron chi connectivity index (χ3n) is 5.60. The van der Waals surface area contributed by atoms with Crippen molar-refractivity contribution in [1.82, 2.24) is 15.5 Å². The lowest BCUT2D eigenvalue weighted by Crippen LogP contribution is -2.43. The topological polar surface area (TPSA) is 144 Å². The van der Waals surface area contributed by atoms with Crippen molar-refractivity contribution in [3.05, 3.63) is 53.1 Å². The van der Waals surface area contributed by atoms with Crippen molar-refractivity contribution in [1.29, 1.82) is 0 Å². The molecule has 1 fully saturated rings. The Kier molecular flexibility index (Phi) is 9.74. The minimum atomic E-state index is -0.752. The molecule has 1 heterocycles. The number of likely N-dealkylation sites (N-methyl/N-ethyl adjacent to an activating group) is 1. The van der Waals surface area contributed by atoms with E-state index >= 15 is 0 Å². The molecule has 0 spiro atoms. The molecule has 1 aromatic carbocycles. The van der Waals surface area contributed by atoms with E-state index in [0.29, 0.717) is 16.7 Å². The maximum absolute atomic E-state index is 12.9. The van der Waals surface area contributed by atoms with Crippen molar-refractivity contribution in [3.8, 4) is 0 Å². The Morgan fingerprint density at radius 1 is 1.17 bits per heavy atom. The minimum Gasteiger partial charge on any atom is -0.456 e. The van der Waals surface area contributed by atoms with Gasteiger partial charge in [0.2, 0.25) is 17.7 Å². The first-order valence-electron chi connectivity index (χ1n) is 11.6. The second kappa shape index (κ2) is 13.0. The first-order chi connectivity index (χ1) is 17.3. The summed E-state index contributed by atoms with van der Waals surface area (Å²) in [5.74, 6) is -1.45. The second-order valence-electron chi connectivity index (χ2n) is 8.49. The predicted molar refractivity (Wildman–Crippen MR) is 128 cm³/mol. The molecule has 2 aliphatic rings. The highest BCUT2D eigenvalue weighted by Gasteiger charge is 2.42. The minimum absolute atomic E-state index is 0.0139. The molecule has 0 saturated carbocycles. The Hall–Kier alpha value is -3.54. The Morgan fingerprint density at radius 2 is 1.97 bits per heavy atom. The molecule has 1 saturated heterocycles. The number of ether oxygens (including phenoxy) is 3. The van der Waals surface area contributed by atoms with Gasteiger partial charge in [-0.2, -0.15) is 0 Å². The van der Waals surface area contributed by atoms with Crippen molar-refractivity contribution in [3.63, 3.8) is 0 Å². The fourth-order valence-electron chi connectivity index (χ4n) is 3.70. The lowest BCUT2D eigenvalue weighted by Gasteiger charge is -2.30. The monoisotopic (exact) mass is 501 g/mol.